The molecule has 5 rings (SSSR count). The van der Waals surface area contributed by atoms with Crippen LogP contribution in [-0.4, -0.2) is 21.8 Å². The van der Waals surface area contributed by atoms with Crippen LogP contribution in [0.5, 0.6) is 0 Å². The first kappa shape index (κ1) is 22.3. The first-order chi connectivity index (χ1) is 16.4. The molecule has 0 spiro atoms. The molecule has 1 aliphatic rings. The number of nitrogens with zero attached hydrogens (tertiary/aromatic N) is 2. The van der Waals surface area contributed by atoms with Crippen LogP contribution in [0.25, 0.3) is 16.0 Å². The number of aliphatic hydroxyl groups is 1. The van der Waals surface area contributed by atoms with E-state index in [1.54, 1.807) is 24.3 Å². The summed E-state index contributed by atoms with van der Waals surface area (Å²) in [4.78, 5) is 32.7. The number of benzene rings is 3. The molecule has 0 bridgehead atoms. The van der Waals surface area contributed by atoms with Crippen LogP contribution in [0, 0.1) is 6.92 Å². The number of aliphatic hydroxyl groups excluding tert-OH is 1. The Bertz CT molecular complexity index is 1470. The normalized spacial score (nSPS) is 17.6. The summed E-state index contributed by atoms with van der Waals surface area (Å²) in [5, 5.41) is 12.1. The molecule has 2 heterocycles. The van der Waals surface area contributed by atoms with Gasteiger partial charge in [0.2, 0.25) is 0 Å². The summed E-state index contributed by atoms with van der Waals surface area (Å²) >= 11 is 7.36. The third-order valence-corrected chi connectivity index (χ3v) is 7.25. The summed E-state index contributed by atoms with van der Waals surface area (Å²) < 4.78 is 0.942. The maximum absolute atomic E-state index is 13.4. The number of aryl methyl sites for hydroxylation is 2. The highest BCUT2D eigenvalue weighted by Crippen LogP contribution is 2.44. The maximum atomic E-state index is 13.4. The number of thiazole rings is 1. The number of rotatable bonds is 4. The lowest BCUT2D eigenvalue weighted by Gasteiger charge is -2.23. The van der Waals surface area contributed by atoms with Crippen molar-refractivity contribution in [1.82, 2.24) is 4.98 Å². The molecule has 1 aromatic heterocycles. The third kappa shape index (κ3) is 3.79. The Morgan fingerprint density at radius 2 is 1.85 bits per heavy atom. The predicted molar refractivity (Wildman–Crippen MR) is 136 cm³/mol. The number of carbonyl (C=O) groups excluding carboxylic acids is 2. The number of hydrogen-bond donors (Lipinski definition) is 1. The minimum atomic E-state index is -0.804. The summed E-state index contributed by atoms with van der Waals surface area (Å²) in [6.45, 7) is 4.02. The number of fused-ring (bicyclic) bond motifs is 1. The molecule has 1 atom stereocenters. The Hall–Kier alpha value is -3.48. The van der Waals surface area contributed by atoms with E-state index in [0.29, 0.717) is 15.7 Å². The molecule has 3 aromatic carbocycles. The van der Waals surface area contributed by atoms with Crippen LogP contribution in [0.3, 0.4) is 0 Å². The van der Waals surface area contributed by atoms with Gasteiger partial charge in [-0.2, -0.15) is 0 Å². The van der Waals surface area contributed by atoms with Crippen LogP contribution < -0.4 is 4.90 Å². The molecule has 5 nitrogen and oxygen atoms in total. The molecule has 1 unspecified atom stereocenters. The molecule has 0 saturated carbocycles. The summed E-state index contributed by atoms with van der Waals surface area (Å²) in [6, 6.07) is 19.3. The summed E-state index contributed by atoms with van der Waals surface area (Å²) in [5.74, 6) is -1.69. The zero-order valence-electron chi connectivity index (χ0n) is 18.6. The number of amides is 1. The van der Waals surface area contributed by atoms with Crippen molar-refractivity contribution >= 4 is 55.7 Å². The highest BCUT2D eigenvalue weighted by Gasteiger charge is 2.48. The summed E-state index contributed by atoms with van der Waals surface area (Å²) in [6.07, 6.45) is 0.887. The molecular weight excluding hydrogens is 468 g/mol. The fourth-order valence-electron chi connectivity index (χ4n) is 4.23. The Labute approximate surface area is 205 Å². The fraction of sp³-hybridized carbons (Fsp3) is 0.148. The highest BCUT2D eigenvalue weighted by molar-refractivity contribution is 7.22. The van der Waals surface area contributed by atoms with Gasteiger partial charge in [-0.15, -0.1) is 0 Å². The highest BCUT2D eigenvalue weighted by atomic mass is 35.5. The van der Waals surface area contributed by atoms with Crippen molar-refractivity contribution in [1.29, 1.82) is 0 Å². The van der Waals surface area contributed by atoms with Crippen LogP contribution in [-0.2, 0) is 16.0 Å². The monoisotopic (exact) mass is 488 g/mol. The van der Waals surface area contributed by atoms with Crippen molar-refractivity contribution in [3.63, 3.8) is 0 Å². The second kappa shape index (κ2) is 8.70. The van der Waals surface area contributed by atoms with Gasteiger partial charge < -0.3 is 5.11 Å². The van der Waals surface area contributed by atoms with Crippen LogP contribution in [0.1, 0.15) is 35.2 Å². The topological polar surface area (TPSA) is 70.5 Å². The lowest BCUT2D eigenvalue weighted by Crippen LogP contribution is -2.29. The molecule has 1 amide bonds. The average molecular weight is 489 g/mol. The van der Waals surface area contributed by atoms with Crippen LogP contribution in [0.15, 0.2) is 72.3 Å². The molecule has 1 aliphatic heterocycles. The fourth-order valence-corrected chi connectivity index (χ4v) is 5.41. The summed E-state index contributed by atoms with van der Waals surface area (Å²) in [7, 11) is 0. The number of Topliss-reactive ketones (excluding diaryl/α,β-unsaturated/α-hetero) is 1. The van der Waals surface area contributed by atoms with Crippen LogP contribution >= 0.6 is 22.9 Å². The molecule has 34 heavy (non-hydrogen) atoms. The van der Waals surface area contributed by atoms with Crippen molar-refractivity contribution in [2.24, 2.45) is 0 Å². The molecule has 1 fully saturated rings. The molecule has 7 heteroatoms. The van der Waals surface area contributed by atoms with Gasteiger partial charge in [-0.3, -0.25) is 14.5 Å². The lowest BCUT2D eigenvalue weighted by atomic mass is 9.94. The summed E-state index contributed by atoms with van der Waals surface area (Å²) in [5.41, 5.74) is 4.08. The van der Waals surface area contributed by atoms with Crippen LogP contribution in [0.4, 0.5) is 5.13 Å². The van der Waals surface area contributed by atoms with Gasteiger partial charge in [0.05, 0.1) is 21.8 Å². The molecule has 4 aromatic rings. The van der Waals surface area contributed by atoms with Gasteiger partial charge in [0, 0.05) is 10.6 Å². The number of aromatic nitrogens is 1. The van der Waals surface area contributed by atoms with E-state index < -0.39 is 17.7 Å². The Morgan fingerprint density at radius 1 is 1.09 bits per heavy atom. The Balaban J connectivity index is 1.72. The second-order valence-corrected chi connectivity index (χ2v) is 9.69. The van der Waals surface area contributed by atoms with Crippen LogP contribution in [0.2, 0.25) is 5.02 Å². The van der Waals surface area contributed by atoms with Crippen molar-refractivity contribution in [2.45, 2.75) is 26.3 Å². The number of anilines is 1. The molecule has 1 saturated heterocycles. The van der Waals surface area contributed by atoms with E-state index in [1.807, 2.05) is 43.3 Å². The number of hydrogen-bond acceptors (Lipinski definition) is 5. The zero-order valence-corrected chi connectivity index (χ0v) is 20.2. The Morgan fingerprint density at radius 3 is 2.56 bits per heavy atom. The number of ketones is 1. The van der Waals surface area contributed by atoms with Gasteiger partial charge >= 0.3 is 5.91 Å². The van der Waals surface area contributed by atoms with Crippen molar-refractivity contribution in [3.05, 3.63) is 99.6 Å². The van der Waals surface area contributed by atoms with Gasteiger partial charge in [0.15, 0.2) is 5.13 Å². The minimum Gasteiger partial charge on any atom is -0.507 e. The van der Waals surface area contributed by atoms with E-state index in [1.165, 1.54) is 21.8 Å². The van der Waals surface area contributed by atoms with Gasteiger partial charge in [0.25, 0.3) is 5.78 Å². The SMILES string of the molecule is CCc1ccc2nc(N3C(=O)C(=O)/C(=C(/O)c4ccc(Cl)cc4)C3c3cccc(C)c3)sc2c1. The van der Waals surface area contributed by atoms with Gasteiger partial charge in [0.1, 0.15) is 5.76 Å². The molecular formula is C27H21ClN2O3S. The molecule has 170 valence electrons. The number of halogens is 1. The maximum Gasteiger partial charge on any atom is 0.301 e. The zero-order chi connectivity index (χ0) is 24.0. The predicted octanol–water partition coefficient (Wildman–Crippen LogP) is 6.45. The first-order valence-corrected chi connectivity index (χ1v) is 12.1. The second-order valence-electron chi connectivity index (χ2n) is 8.24. The van der Waals surface area contributed by atoms with Gasteiger partial charge in [-0.1, -0.05) is 65.8 Å². The van der Waals surface area contributed by atoms with E-state index in [0.717, 1.165) is 27.8 Å². The quantitative estimate of drug-likeness (QED) is 0.204. The third-order valence-electron chi connectivity index (χ3n) is 5.98. The van der Waals surface area contributed by atoms with Crippen molar-refractivity contribution in [3.8, 4) is 0 Å². The van der Waals surface area contributed by atoms with E-state index in [-0.39, 0.29) is 11.3 Å². The van der Waals surface area contributed by atoms with Crippen molar-refractivity contribution in [2.75, 3.05) is 4.90 Å². The van der Waals surface area contributed by atoms with E-state index in [4.69, 9.17) is 11.6 Å². The van der Waals surface area contributed by atoms with Gasteiger partial charge in [-0.25, -0.2) is 4.98 Å². The van der Waals surface area contributed by atoms with E-state index >= 15 is 0 Å². The minimum absolute atomic E-state index is 0.0337. The first-order valence-electron chi connectivity index (χ1n) is 10.9. The van der Waals surface area contributed by atoms with Gasteiger partial charge in [-0.05, 0) is 60.9 Å². The van der Waals surface area contributed by atoms with Crippen molar-refractivity contribution < 1.29 is 14.7 Å². The standard InChI is InChI=1S/C27H21ClN2O3S/c1-3-16-7-12-20-21(14-16)34-27(29-20)30-23(18-6-4-5-15(2)13-18)22(25(32)26(30)33)24(31)17-8-10-19(28)11-9-17/h4-14,23,31H,3H2,1-2H3/b24-22+. The molecule has 1 N–H and O–H groups in total. The largest absolute Gasteiger partial charge is 0.507 e. The lowest BCUT2D eigenvalue weighted by molar-refractivity contribution is -0.132. The van der Waals surface area contributed by atoms with E-state index in [2.05, 4.69) is 18.0 Å². The van der Waals surface area contributed by atoms with E-state index in [9.17, 15) is 14.7 Å². The average Bonchev–Trinajstić information content (AvgIpc) is 3.36. The smallest absolute Gasteiger partial charge is 0.301 e. The Kier molecular flexibility index (Phi) is 5.71. The molecule has 0 radical (unpaired) electrons. The molecule has 0 aliphatic carbocycles. The number of carbonyl (C=O) groups is 2.